The summed E-state index contributed by atoms with van der Waals surface area (Å²) in [6.45, 7) is 7.05. The van der Waals surface area contributed by atoms with Gasteiger partial charge in [0.05, 0.1) is 11.4 Å². The van der Waals surface area contributed by atoms with Crippen LogP contribution in [0.15, 0.2) is 52.3 Å². The van der Waals surface area contributed by atoms with Gasteiger partial charge in [0, 0.05) is 42.5 Å². The zero-order valence-corrected chi connectivity index (χ0v) is 17.8. The van der Waals surface area contributed by atoms with Gasteiger partial charge in [0.2, 0.25) is 0 Å². The van der Waals surface area contributed by atoms with E-state index in [0.29, 0.717) is 0 Å². The molecule has 2 aromatic rings. The van der Waals surface area contributed by atoms with Crippen LogP contribution in [0.25, 0.3) is 0 Å². The maximum Gasteiger partial charge on any atom is 0.0553 e. The lowest BCUT2D eigenvalue weighted by molar-refractivity contribution is 0.153. The number of anilines is 2. The van der Waals surface area contributed by atoms with Gasteiger partial charge in [0.25, 0.3) is 0 Å². The molecule has 0 spiro atoms. The SMILES string of the molecule is CN1CCN(CCCN2c3ccccc3Sc3cc(CCS)ccc32)CC1. The highest BCUT2D eigenvalue weighted by atomic mass is 32.2. The maximum absolute atomic E-state index is 4.40. The van der Waals surface area contributed by atoms with E-state index in [9.17, 15) is 0 Å². The first-order valence-corrected chi connectivity index (χ1v) is 11.4. The largest absolute Gasteiger partial charge is 0.340 e. The van der Waals surface area contributed by atoms with Crippen molar-refractivity contribution in [3.05, 3.63) is 48.0 Å². The van der Waals surface area contributed by atoms with Crippen molar-refractivity contribution in [3.8, 4) is 0 Å². The molecule has 3 nitrogen and oxygen atoms in total. The molecule has 0 amide bonds. The zero-order chi connectivity index (χ0) is 18.6. The van der Waals surface area contributed by atoms with E-state index in [1.807, 2.05) is 11.8 Å². The number of benzene rings is 2. The quantitative estimate of drug-likeness (QED) is 0.721. The molecule has 0 bridgehead atoms. The number of thiol groups is 1. The number of rotatable bonds is 6. The molecule has 2 aliphatic rings. The number of nitrogens with zero attached hydrogens (tertiary/aromatic N) is 3. The molecule has 0 saturated carbocycles. The van der Waals surface area contributed by atoms with Gasteiger partial charge in [0.15, 0.2) is 0 Å². The molecule has 144 valence electrons. The van der Waals surface area contributed by atoms with Crippen LogP contribution < -0.4 is 4.90 Å². The van der Waals surface area contributed by atoms with Crippen LogP contribution in [0.3, 0.4) is 0 Å². The van der Waals surface area contributed by atoms with Crippen LogP contribution in [0.1, 0.15) is 12.0 Å². The molecule has 0 aromatic heterocycles. The highest BCUT2D eigenvalue weighted by molar-refractivity contribution is 7.99. The van der Waals surface area contributed by atoms with Gasteiger partial charge in [-0.3, -0.25) is 0 Å². The van der Waals surface area contributed by atoms with E-state index in [1.165, 1.54) is 65.9 Å². The zero-order valence-electron chi connectivity index (χ0n) is 16.1. The van der Waals surface area contributed by atoms with Crippen LogP contribution in [-0.2, 0) is 6.42 Å². The van der Waals surface area contributed by atoms with Crippen molar-refractivity contribution in [3.63, 3.8) is 0 Å². The van der Waals surface area contributed by atoms with E-state index in [-0.39, 0.29) is 0 Å². The summed E-state index contributed by atoms with van der Waals surface area (Å²) >= 11 is 6.30. The minimum Gasteiger partial charge on any atom is -0.340 e. The smallest absolute Gasteiger partial charge is 0.0553 e. The topological polar surface area (TPSA) is 9.72 Å². The van der Waals surface area contributed by atoms with Crippen molar-refractivity contribution < 1.29 is 0 Å². The summed E-state index contributed by atoms with van der Waals surface area (Å²) < 4.78 is 0. The summed E-state index contributed by atoms with van der Waals surface area (Å²) in [5.74, 6) is 0.898. The van der Waals surface area contributed by atoms with E-state index < -0.39 is 0 Å². The summed E-state index contributed by atoms with van der Waals surface area (Å²) in [6.07, 6.45) is 2.22. The Kier molecular flexibility index (Phi) is 6.33. The van der Waals surface area contributed by atoms with Gasteiger partial charge in [-0.1, -0.05) is 30.0 Å². The predicted octanol–water partition coefficient (Wildman–Crippen LogP) is 4.40. The molecular weight excluding hydrogens is 370 g/mol. The normalized spacial score (nSPS) is 17.6. The van der Waals surface area contributed by atoms with Crippen LogP contribution in [0.5, 0.6) is 0 Å². The van der Waals surface area contributed by atoms with Gasteiger partial charge < -0.3 is 14.7 Å². The Balaban J connectivity index is 1.49. The molecule has 5 heteroatoms. The van der Waals surface area contributed by atoms with Crippen molar-refractivity contribution in [2.75, 3.05) is 57.0 Å². The van der Waals surface area contributed by atoms with Gasteiger partial charge in [-0.2, -0.15) is 12.6 Å². The first kappa shape index (κ1) is 19.2. The maximum atomic E-state index is 4.40. The van der Waals surface area contributed by atoms with Crippen LogP contribution in [0.4, 0.5) is 11.4 Å². The van der Waals surface area contributed by atoms with Gasteiger partial charge in [-0.25, -0.2) is 0 Å². The standard InChI is InChI=1S/C22H29N3S2/c1-23-12-14-24(15-13-23)10-4-11-25-19-5-2-3-6-21(19)27-22-17-18(9-16-26)7-8-20(22)25/h2-3,5-8,17,26H,4,9-16H2,1H3. The van der Waals surface area contributed by atoms with Crippen molar-refractivity contribution in [2.24, 2.45) is 0 Å². The molecule has 1 saturated heterocycles. The second-order valence-corrected chi connectivity index (χ2v) is 9.03. The third-order valence-corrected chi connectivity index (χ3v) is 6.88. The lowest BCUT2D eigenvalue weighted by atomic mass is 10.1. The van der Waals surface area contributed by atoms with E-state index in [1.54, 1.807) is 0 Å². The second-order valence-electron chi connectivity index (χ2n) is 7.50. The molecule has 4 rings (SSSR count). The van der Waals surface area contributed by atoms with E-state index in [0.717, 1.165) is 18.7 Å². The number of hydrogen-bond acceptors (Lipinski definition) is 5. The van der Waals surface area contributed by atoms with Gasteiger partial charge in [0.1, 0.15) is 0 Å². The Morgan fingerprint density at radius 1 is 0.926 bits per heavy atom. The first-order chi connectivity index (χ1) is 13.2. The predicted molar refractivity (Wildman–Crippen MR) is 120 cm³/mol. The number of para-hydroxylation sites is 1. The van der Waals surface area contributed by atoms with Crippen LogP contribution in [-0.4, -0.2) is 61.9 Å². The Labute approximate surface area is 173 Å². The van der Waals surface area contributed by atoms with E-state index in [2.05, 4.69) is 76.8 Å². The molecular formula is C22H29N3S2. The van der Waals surface area contributed by atoms with Crippen molar-refractivity contribution in [2.45, 2.75) is 22.6 Å². The Morgan fingerprint density at radius 3 is 2.52 bits per heavy atom. The van der Waals surface area contributed by atoms with Crippen LogP contribution in [0.2, 0.25) is 0 Å². The monoisotopic (exact) mass is 399 g/mol. The van der Waals surface area contributed by atoms with E-state index >= 15 is 0 Å². The average Bonchev–Trinajstić information content (AvgIpc) is 2.69. The molecule has 0 N–H and O–H groups in total. The fourth-order valence-corrected chi connectivity index (χ4v) is 5.35. The minimum atomic E-state index is 0.898. The van der Waals surface area contributed by atoms with Crippen molar-refractivity contribution in [1.82, 2.24) is 9.80 Å². The first-order valence-electron chi connectivity index (χ1n) is 9.94. The molecule has 0 atom stereocenters. The Morgan fingerprint density at radius 2 is 1.70 bits per heavy atom. The minimum absolute atomic E-state index is 0.898. The molecule has 2 aliphatic heterocycles. The fourth-order valence-electron chi connectivity index (χ4n) is 3.93. The Hall–Kier alpha value is -1.14. The summed E-state index contributed by atoms with van der Waals surface area (Å²) in [7, 11) is 2.22. The van der Waals surface area contributed by atoms with Gasteiger partial charge in [-0.15, -0.1) is 0 Å². The summed E-state index contributed by atoms with van der Waals surface area (Å²) in [5.41, 5.74) is 4.10. The number of likely N-dealkylation sites (N-methyl/N-ethyl adjacent to an activating group) is 1. The lowest BCUT2D eigenvalue weighted by Gasteiger charge is -2.35. The number of aryl methyl sites for hydroxylation is 1. The molecule has 0 aliphatic carbocycles. The molecule has 0 unspecified atom stereocenters. The number of fused-ring (bicyclic) bond motifs is 2. The van der Waals surface area contributed by atoms with E-state index in [4.69, 9.17) is 0 Å². The molecule has 0 radical (unpaired) electrons. The van der Waals surface area contributed by atoms with Crippen molar-refractivity contribution in [1.29, 1.82) is 0 Å². The third-order valence-electron chi connectivity index (χ3n) is 5.54. The summed E-state index contributed by atoms with van der Waals surface area (Å²) in [6, 6.07) is 15.8. The van der Waals surface area contributed by atoms with Crippen LogP contribution in [0, 0.1) is 0 Å². The number of piperazine rings is 1. The average molecular weight is 400 g/mol. The Bertz CT molecular complexity index is 772. The van der Waals surface area contributed by atoms with Gasteiger partial charge in [-0.05, 0) is 62.0 Å². The lowest BCUT2D eigenvalue weighted by Crippen LogP contribution is -2.45. The highest BCUT2D eigenvalue weighted by Gasteiger charge is 2.23. The van der Waals surface area contributed by atoms with Crippen molar-refractivity contribution >= 4 is 35.8 Å². The summed E-state index contributed by atoms with van der Waals surface area (Å²) in [4.78, 5) is 10.3. The second kappa shape index (κ2) is 8.91. The fraction of sp³-hybridized carbons (Fsp3) is 0.455. The van der Waals surface area contributed by atoms with Crippen LogP contribution >= 0.6 is 24.4 Å². The molecule has 2 aromatic carbocycles. The molecule has 27 heavy (non-hydrogen) atoms. The molecule has 2 heterocycles. The number of hydrogen-bond donors (Lipinski definition) is 1. The van der Waals surface area contributed by atoms with Gasteiger partial charge >= 0.3 is 0 Å². The molecule has 1 fully saturated rings. The highest BCUT2D eigenvalue weighted by Crippen LogP contribution is 2.48. The third kappa shape index (κ3) is 4.48. The summed E-state index contributed by atoms with van der Waals surface area (Å²) in [5, 5.41) is 0.